The van der Waals surface area contributed by atoms with Gasteiger partial charge in [0.1, 0.15) is 0 Å². The first-order valence-electron chi connectivity index (χ1n) is 4.60. The van der Waals surface area contributed by atoms with E-state index >= 15 is 0 Å². The van der Waals surface area contributed by atoms with E-state index in [1.54, 1.807) is 11.8 Å². The van der Waals surface area contributed by atoms with Crippen molar-refractivity contribution in [2.45, 2.75) is 0 Å². The highest BCUT2D eigenvalue weighted by Gasteiger charge is 2.08. The Balaban J connectivity index is 2.44. The maximum absolute atomic E-state index is 11.8. The number of halogens is 1. The number of carbonyl (C=O) groups is 1. The summed E-state index contributed by atoms with van der Waals surface area (Å²) in [4.78, 5) is 11.8. The van der Waals surface area contributed by atoms with E-state index in [2.05, 4.69) is 22.2 Å². The molecule has 0 radical (unpaired) electrons. The summed E-state index contributed by atoms with van der Waals surface area (Å²) in [5.74, 6) is 2.92. The van der Waals surface area contributed by atoms with Crippen LogP contribution in [0, 0.1) is 0 Å². The predicted octanol–water partition coefficient (Wildman–Crippen LogP) is 3.73. The quantitative estimate of drug-likeness (QED) is 0.589. The summed E-state index contributed by atoms with van der Waals surface area (Å²) in [6.07, 6.45) is 2.08. The van der Waals surface area contributed by atoms with Crippen molar-refractivity contribution in [3.05, 3.63) is 34.3 Å². The minimum atomic E-state index is 0.202. The molecule has 1 aromatic carbocycles. The van der Waals surface area contributed by atoms with E-state index in [1.807, 2.05) is 36.0 Å². The first-order valence-corrected chi connectivity index (χ1v) is 7.94. The Morgan fingerprint density at radius 2 is 2.07 bits per heavy atom. The van der Waals surface area contributed by atoms with Crippen molar-refractivity contribution in [2.24, 2.45) is 0 Å². The van der Waals surface area contributed by atoms with Crippen LogP contribution >= 0.6 is 39.5 Å². The Morgan fingerprint density at radius 1 is 1.33 bits per heavy atom. The molecule has 0 unspecified atom stereocenters. The molecule has 15 heavy (non-hydrogen) atoms. The highest BCUT2D eigenvalue weighted by molar-refractivity contribution is 9.10. The number of Topliss-reactive ketones (excluding diaryl/α,β-unsaturated/α-hetero) is 1. The van der Waals surface area contributed by atoms with Gasteiger partial charge >= 0.3 is 0 Å². The van der Waals surface area contributed by atoms with Gasteiger partial charge in [-0.2, -0.15) is 23.5 Å². The molecule has 0 aromatic heterocycles. The van der Waals surface area contributed by atoms with Crippen LogP contribution in [-0.4, -0.2) is 29.3 Å². The normalized spacial score (nSPS) is 10.3. The Hall–Kier alpha value is 0.0700. The van der Waals surface area contributed by atoms with Gasteiger partial charge in [0, 0.05) is 21.5 Å². The van der Waals surface area contributed by atoms with Gasteiger partial charge in [-0.05, 0) is 12.3 Å². The summed E-state index contributed by atoms with van der Waals surface area (Å²) < 4.78 is 0.889. The minimum absolute atomic E-state index is 0.202. The van der Waals surface area contributed by atoms with Gasteiger partial charge in [-0.25, -0.2) is 0 Å². The van der Waals surface area contributed by atoms with E-state index < -0.39 is 0 Å². The molecule has 0 atom stereocenters. The van der Waals surface area contributed by atoms with Crippen LogP contribution in [0.25, 0.3) is 0 Å². The lowest BCUT2D eigenvalue weighted by Crippen LogP contribution is -2.04. The lowest BCUT2D eigenvalue weighted by atomic mass is 10.1. The highest BCUT2D eigenvalue weighted by Crippen LogP contribution is 2.18. The van der Waals surface area contributed by atoms with Crippen molar-refractivity contribution in [2.75, 3.05) is 23.5 Å². The Bertz CT molecular complexity index is 328. The zero-order valence-electron chi connectivity index (χ0n) is 8.53. The Morgan fingerprint density at radius 3 is 2.73 bits per heavy atom. The van der Waals surface area contributed by atoms with E-state index in [1.165, 1.54) is 0 Å². The standard InChI is InChI=1S/C11H13BrOS2/c1-14-6-7-15-8-11(13)9-4-2-3-5-10(9)12/h2-5H,6-8H2,1H3. The maximum atomic E-state index is 11.8. The van der Waals surface area contributed by atoms with Gasteiger partial charge in [0.05, 0.1) is 5.75 Å². The number of hydrogen-bond donors (Lipinski definition) is 0. The molecule has 0 aliphatic rings. The van der Waals surface area contributed by atoms with E-state index in [9.17, 15) is 4.79 Å². The van der Waals surface area contributed by atoms with Crippen molar-refractivity contribution < 1.29 is 4.79 Å². The third kappa shape index (κ3) is 4.62. The SMILES string of the molecule is CSCCSCC(=O)c1ccccc1Br. The molecule has 82 valence electrons. The fraction of sp³-hybridized carbons (Fsp3) is 0.364. The van der Waals surface area contributed by atoms with E-state index in [4.69, 9.17) is 0 Å². The smallest absolute Gasteiger partial charge is 0.173 e. The number of benzene rings is 1. The molecule has 1 aromatic rings. The summed E-state index contributed by atoms with van der Waals surface area (Å²) in [5.41, 5.74) is 0.786. The van der Waals surface area contributed by atoms with Crippen molar-refractivity contribution >= 4 is 45.2 Å². The summed E-state index contributed by atoms with van der Waals surface area (Å²) in [7, 11) is 0. The average Bonchev–Trinajstić information content (AvgIpc) is 2.25. The number of rotatable bonds is 6. The van der Waals surface area contributed by atoms with E-state index in [-0.39, 0.29) is 5.78 Å². The van der Waals surface area contributed by atoms with Gasteiger partial charge in [-0.3, -0.25) is 4.79 Å². The molecule has 0 bridgehead atoms. The lowest BCUT2D eigenvalue weighted by Gasteiger charge is -2.02. The molecule has 0 spiro atoms. The van der Waals surface area contributed by atoms with Crippen LogP contribution in [0.2, 0.25) is 0 Å². The van der Waals surface area contributed by atoms with Crippen molar-refractivity contribution in [3.63, 3.8) is 0 Å². The second kappa shape index (κ2) is 7.36. The number of ketones is 1. The molecule has 1 nitrogen and oxygen atoms in total. The van der Waals surface area contributed by atoms with Crippen LogP contribution in [0.5, 0.6) is 0 Å². The summed E-state index contributed by atoms with van der Waals surface area (Å²) >= 11 is 6.89. The Kier molecular flexibility index (Phi) is 6.45. The fourth-order valence-corrected chi connectivity index (χ4v) is 3.20. The van der Waals surface area contributed by atoms with Gasteiger partial charge in [0.25, 0.3) is 0 Å². The molecule has 0 amide bonds. The first-order chi connectivity index (χ1) is 7.25. The molecular formula is C11H13BrOS2. The zero-order valence-corrected chi connectivity index (χ0v) is 11.8. The number of carbonyl (C=O) groups excluding carboxylic acids is 1. The van der Waals surface area contributed by atoms with Gasteiger partial charge in [-0.1, -0.05) is 34.1 Å². The Labute approximate surface area is 108 Å². The highest BCUT2D eigenvalue weighted by atomic mass is 79.9. The summed E-state index contributed by atoms with van der Waals surface area (Å²) in [6.45, 7) is 0. The molecule has 0 heterocycles. The average molecular weight is 305 g/mol. The van der Waals surface area contributed by atoms with Crippen LogP contribution in [0.1, 0.15) is 10.4 Å². The first kappa shape index (κ1) is 13.1. The van der Waals surface area contributed by atoms with Crippen molar-refractivity contribution in [3.8, 4) is 0 Å². The monoisotopic (exact) mass is 304 g/mol. The molecule has 0 saturated carbocycles. The molecule has 1 rings (SSSR count). The van der Waals surface area contributed by atoms with E-state index in [0.29, 0.717) is 5.75 Å². The van der Waals surface area contributed by atoms with Crippen LogP contribution in [-0.2, 0) is 0 Å². The van der Waals surface area contributed by atoms with Gasteiger partial charge in [0.15, 0.2) is 5.78 Å². The van der Waals surface area contributed by atoms with Gasteiger partial charge in [0.2, 0.25) is 0 Å². The molecule has 0 fully saturated rings. The third-order valence-corrected chi connectivity index (χ3v) is 4.36. The van der Waals surface area contributed by atoms with Crippen LogP contribution in [0.4, 0.5) is 0 Å². The topological polar surface area (TPSA) is 17.1 Å². The minimum Gasteiger partial charge on any atom is -0.293 e. The largest absolute Gasteiger partial charge is 0.293 e. The lowest BCUT2D eigenvalue weighted by molar-refractivity contribution is 0.102. The third-order valence-electron chi connectivity index (χ3n) is 1.84. The molecule has 0 aliphatic carbocycles. The van der Waals surface area contributed by atoms with Crippen LogP contribution < -0.4 is 0 Å². The molecular weight excluding hydrogens is 292 g/mol. The van der Waals surface area contributed by atoms with E-state index in [0.717, 1.165) is 21.5 Å². The van der Waals surface area contributed by atoms with Crippen molar-refractivity contribution in [1.29, 1.82) is 0 Å². The van der Waals surface area contributed by atoms with Crippen molar-refractivity contribution in [1.82, 2.24) is 0 Å². The van der Waals surface area contributed by atoms with Gasteiger partial charge in [-0.15, -0.1) is 0 Å². The molecule has 0 saturated heterocycles. The molecule has 0 N–H and O–H groups in total. The van der Waals surface area contributed by atoms with Crippen LogP contribution in [0.15, 0.2) is 28.7 Å². The summed E-state index contributed by atoms with van der Waals surface area (Å²) in [5, 5.41) is 0. The predicted molar refractivity (Wildman–Crippen MR) is 74.2 cm³/mol. The molecule has 0 aliphatic heterocycles. The second-order valence-electron chi connectivity index (χ2n) is 2.95. The maximum Gasteiger partial charge on any atom is 0.173 e. The molecule has 4 heteroatoms. The number of thioether (sulfide) groups is 2. The summed E-state index contributed by atoms with van der Waals surface area (Å²) in [6, 6.07) is 7.58. The number of hydrogen-bond acceptors (Lipinski definition) is 3. The zero-order chi connectivity index (χ0) is 11.1. The van der Waals surface area contributed by atoms with Crippen LogP contribution in [0.3, 0.4) is 0 Å². The fourth-order valence-electron chi connectivity index (χ4n) is 1.07. The van der Waals surface area contributed by atoms with Gasteiger partial charge < -0.3 is 0 Å². The second-order valence-corrected chi connectivity index (χ2v) is 5.89.